The lowest BCUT2D eigenvalue weighted by molar-refractivity contribution is 0.434. The van der Waals surface area contributed by atoms with Gasteiger partial charge in [0.25, 0.3) is 0 Å². The SMILES string of the molecule is CCCNC(CCCC(C)C)Cc1cccc(Cl)c1. The lowest BCUT2D eigenvalue weighted by Crippen LogP contribution is -2.31. The van der Waals surface area contributed by atoms with Gasteiger partial charge in [-0.05, 0) is 49.4 Å². The van der Waals surface area contributed by atoms with Crippen LogP contribution in [0.5, 0.6) is 0 Å². The average Bonchev–Trinajstić information content (AvgIpc) is 2.35. The summed E-state index contributed by atoms with van der Waals surface area (Å²) in [5, 5.41) is 4.51. The number of halogens is 1. The van der Waals surface area contributed by atoms with Crippen LogP contribution in [0.25, 0.3) is 0 Å². The van der Waals surface area contributed by atoms with E-state index >= 15 is 0 Å². The van der Waals surface area contributed by atoms with E-state index in [0.29, 0.717) is 6.04 Å². The number of benzene rings is 1. The van der Waals surface area contributed by atoms with Crippen LogP contribution < -0.4 is 5.32 Å². The van der Waals surface area contributed by atoms with Gasteiger partial charge in [-0.25, -0.2) is 0 Å². The largest absolute Gasteiger partial charge is 0.314 e. The maximum Gasteiger partial charge on any atom is 0.0408 e. The van der Waals surface area contributed by atoms with Crippen molar-refractivity contribution in [3.8, 4) is 0 Å². The van der Waals surface area contributed by atoms with Crippen molar-refractivity contribution in [2.75, 3.05) is 6.54 Å². The van der Waals surface area contributed by atoms with Crippen molar-refractivity contribution in [2.45, 2.75) is 58.9 Å². The third-order valence-corrected chi connectivity index (χ3v) is 3.62. The molecule has 0 heterocycles. The van der Waals surface area contributed by atoms with E-state index < -0.39 is 0 Å². The van der Waals surface area contributed by atoms with Crippen LogP contribution in [0.15, 0.2) is 24.3 Å². The fourth-order valence-electron chi connectivity index (χ4n) is 2.35. The Labute approximate surface area is 123 Å². The zero-order valence-corrected chi connectivity index (χ0v) is 13.3. The molecule has 1 atom stereocenters. The van der Waals surface area contributed by atoms with Crippen molar-refractivity contribution in [1.82, 2.24) is 5.32 Å². The van der Waals surface area contributed by atoms with Gasteiger partial charge in [-0.3, -0.25) is 0 Å². The molecule has 0 spiro atoms. The van der Waals surface area contributed by atoms with Gasteiger partial charge in [-0.1, -0.05) is 57.3 Å². The van der Waals surface area contributed by atoms with Gasteiger partial charge < -0.3 is 5.32 Å². The number of nitrogens with one attached hydrogen (secondary N) is 1. The van der Waals surface area contributed by atoms with Crippen molar-refractivity contribution >= 4 is 11.6 Å². The van der Waals surface area contributed by atoms with Gasteiger partial charge >= 0.3 is 0 Å². The number of hydrogen-bond donors (Lipinski definition) is 1. The Hall–Kier alpha value is -0.530. The summed E-state index contributed by atoms with van der Waals surface area (Å²) in [6.07, 6.45) is 6.15. The van der Waals surface area contributed by atoms with Gasteiger partial charge in [0.15, 0.2) is 0 Å². The van der Waals surface area contributed by atoms with E-state index in [1.54, 1.807) is 0 Å². The highest BCUT2D eigenvalue weighted by Crippen LogP contribution is 2.15. The predicted octanol–water partition coefficient (Wildman–Crippen LogP) is 5.08. The maximum absolute atomic E-state index is 6.06. The summed E-state index contributed by atoms with van der Waals surface area (Å²) in [4.78, 5) is 0. The minimum absolute atomic E-state index is 0.581. The van der Waals surface area contributed by atoms with Gasteiger partial charge in [0.05, 0.1) is 0 Å². The molecular weight excluding hydrogens is 254 g/mol. The molecule has 1 N–H and O–H groups in total. The Morgan fingerprint density at radius 1 is 1.21 bits per heavy atom. The molecule has 1 aromatic carbocycles. The Morgan fingerprint density at radius 2 is 2.00 bits per heavy atom. The van der Waals surface area contributed by atoms with Crippen LogP contribution >= 0.6 is 11.6 Å². The average molecular weight is 282 g/mol. The van der Waals surface area contributed by atoms with E-state index in [1.165, 1.54) is 31.2 Å². The molecule has 0 aliphatic carbocycles. The highest BCUT2D eigenvalue weighted by molar-refractivity contribution is 6.30. The van der Waals surface area contributed by atoms with Crippen molar-refractivity contribution in [1.29, 1.82) is 0 Å². The third kappa shape index (κ3) is 7.59. The quantitative estimate of drug-likeness (QED) is 0.666. The fourth-order valence-corrected chi connectivity index (χ4v) is 2.56. The fraction of sp³-hybridized carbons (Fsp3) is 0.647. The van der Waals surface area contributed by atoms with Crippen LogP contribution in [0.3, 0.4) is 0 Å². The van der Waals surface area contributed by atoms with Crippen LogP contribution in [-0.4, -0.2) is 12.6 Å². The Kier molecular flexibility index (Phi) is 8.16. The van der Waals surface area contributed by atoms with Crippen LogP contribution in [0.1, 0.15) is 52.0 Å². The summed E-state index contributed by atoms with van der Waals surface area (Å²) >= 11 is 6.06. The molecule has 0 bridgehead atoms. The summed E-state index contributed by atoms with van der Waals surface area (Å²) in [7, 11) is 0. The van der Waals surface area contributed by atoms with E-state index in [4.69, 9.17) is 11.6 Å². The molecule has 0 aliphatic rings. The third-order valence-electron chi connectivity index (χ3n) is 3.39. The number of rotatable bonds is 9. The molecule has 1 rings (SSSR count). The zero-order valence-electron chi connectivity index (χ0n) is 12.6. The molecular formula is C17H28ClN. The molecule has 0 saturated carbocycles. The molecule has 0 aliphatic heterocycles. The van der Waals surface area contributed by atoms with E-state index in [0.717, 1.165) is 23.9 Å². The van der Waals surface area contributed by atoms with E-state index in [-0.39, 0.29) is 0 Å². The summed E-state index contributed by atoms with van der Waals surface area (Å²) in [5.41, 5.74) is 1.34. The van der Waals surface area contributed by atoms with Crippen molar-refractivity contribution < 1.29 is 0 Å². The first-order chi connectivity index (χ1) is 9.11. The molecule has 0 radical (unpaired) electrons. The zero-order chi connectivity index (χ0) is 14.1. The molecule has 1 aromatic rings. The maximum atomic E-state index is 6.06. The van der Waals surface area contributed by atoms with Gasteiger partial charge in [-0.15, -0.1) is 0 Å². The first kappa shape index (κ1) is 16.5. The molecule has 0 saturated heterocycles. The summed E-state index contributed by atoms with van der Waals surface area (Å²) in [6.45, 7) is 7.92. The summed E-state index contributed by atoms with van der Waals surface area (Å²) in [5.74, 6) is 0.804. The standard InChI is InChI=1S/C17H28ClN/c1-4-11-19-17(10-5-7-14(2)3)13-15-8-6-9-16(18)12-15/h6,8-9,12,14,17,19H,4-5,7,10-11,13H2,1-3H3. The highest BCUT2D eigenvalue weighted by atomic mass is 35.5. The number of hydrogen-bond acceptors (Lipinski definition) is 1. The van der Waals surface area contributed by atoms with Crippen LogP contribution in [-0.2, 0) is 6.42 Å². The summed E-state index contributed by atoms with van der Waals surface area (Å²) < 4.78 is 0. The molecule has 1 unspecified atom stereocenters. The Bertz CT molecular complexity index is 349. The minimum atomic E-state index is 0.581. The summed E-state index contributed by atoms with van der Waals surface area (Å²) in [6, 6.07) is 8.83. The lowest BCUT2D eigenvalue weighted by Gasteiger charge is -2.19. The van der Waals surface area contributed by atoms with Gasteiger partial charge in [0.1, 0.15) is 0 Å². The van der Waals surface area contributed by atoms with Gasteiger partial charge in [-0.2, -0.15) is 0 Å². The monoisotopic (exact) mass is 281 g/mol. The normalized spacial score (nSPS) is 12.9. The van der Waals surface area contributed by atoms with Crippen LogP contribution in [0.2, 0.25) is 5.02 Å². The van der Waals surface area contributed by atoms with Crippen molar-refractivity contribution in [3.63, 3.8) is 0 Å². The van der Waals surface area contributed by atoms with Crippen LogP contribution in [0.4, 0.5) is 0 Å². The second kappa shape index (κ2) is 9.39. The topological polar surface area (TPSA) is 12.0 Å². The molecule has 108 valence electrons. The Morgan fingerprint density at radius 3 is 2.63 bits per heavy atom. The van der Waals surface area contributed by atoms with Crippen molar-refractivity contribution in [2.24, 2.45) is 5.92 Å². The Balaban J connectivity index is 2.48. The first-order valence-electron chi connectivity index (χ1n) is 7.59. The van der Waals surface area contributed by atoms with E-state index in [9.17, 15) is 0 Å². The first-order valence-corrected chi connectivity index (χ1v) is 7.97. The molecule has 0 amide bonds. The predicted molar refractivity (Wildman–Crippen MR) is 85.9 cm³/mol. The minimum Gasteiger partial charge on any atom is -0.314 e. The van der Waals surface area contributed by atoms with E-state index in [1.807, 2.05) is 12.1 Å². The second-order valence-electron chi connectivity index (χ2n) is 5.81. The van der Waals surface area contributed by atoms with Gasteiger partial charge in [0, 0.05) is 11.1 Å². The molecule has 1 nitrogen and oxygen atoms in total. The molecule has 0 aromatic heterocycles. The molecule has 2 heteroatoms. The molecule has 19 heavy (non-hydrogen) atoms. The smallest absolute Gasteiger partial charge is 0.0408 e. The lowest BCUT2D eigenvalue weighted by atomic mass is 9.98. The molecule has 0 fully saturated rings. The van der Waals surface area contributed by atoms with Crippen molar-refractivity contribution in [3.05, 3.63) is 34.9 Å². The second-order valence-corrected chi connectivity index (χ2v) is 6.25. The highest BCUT2D eigenvalue weighted by Gasteiger charge is 2.09. The van der Waals surface area contributed by atoms with E-state index in [2.05, 4.69) is 38.2 Å². The van der Waals surface area contributed by atoms with Gasteiger partial charge in [0.2, 0.25) is 0 Å². The van der Waals surface area contributed by atoms with Crippen LogP contribution in [0, 0.1) is 5.92 Å².